The fourth-order valence-electron chi connectivity index (χ4n) is 2.05. The second-order valence-electron chi connectivity index (χ2n) is 5.20. The zero-order valence-electron chi connectivity index (χ0n) is 11.1. The Labute approximate surface area is 127 Å². The van der Waals surface area contributed by atoms with Crippen molar-refractivity contribution in [1.82, 2.24) is 5.32 Å². The predicted octanol–water partition coefficient (Wildman–Crippen LogP) is 2.96. The lowest BCUT2D eigenvalue weighted by molar-refractivity contribution is 0.0951. The standard InChI is InChI=1S/C13H15Cl2NO3S/c1-7-3-10(7)6-16-13(17)9-4-11(14)8(2)12(5-9)20(15,18)19/h4-5,7,10H,3,6H2,1-2H3,(H,16,17). The van der Waals surface area contributed by atoms with Gasteiger partial charge >= 0.3 is 0 Å². The van der Waals surface area contributed by atoms with Gasteiger partial charge in [-0.2, -0.15) is 0 Å². The Bertz CT molecular complexity index is 658. The molecule has 1 aliphatic carbocycles. The summed E-state index contributed by atoms with van der Waals surface area (Å²) in [6.45, 7) is 4.26. The second kappa shape index (κ2) is 5.54. The van der Waals surface area contributed by atoms with Crippen LogP contribution in [0, 0.1) is 18.8 Å². The molecule has 1 amide bonds. The highest BCUT2D eigenvalue weighted by Crippen LogP contribution is 2.36. The number of carbonyl (C=O) groups is 1. The molecule has 110 valence electrons. The number of carbonyl (C=O) groups excluding carboxylic acids is 1. The molecule has 1 saturated carbocycles. The van der Waals surface area contributed by atoms with E-state index in [4.69, 9.17) is 22.3 Å². The fourth-order valence-corrected chi connectivity index (χ4v) is 3.55. The summed E-state index contributed by atoms with van der Waals surface area (Å²) < 4.78 is 22.9. The zero-order valence-corrected chi connectivity index (χ0v) is 13.4. The smallest absolute Gasteiger partial charge is 0.261 e. The molecule has 0 aromatic heterocycles. The summed E-state index contributed by atoms with van der Waals surface area (Å²) in [4.78, 5) is 11.9. The van der Waals surface area contributed by atoms with Crippen LogP contribution in [0.5, 0.6) is 0 Å². The van der Waals surface area contributed by atoms with Gasteiger partial charge in [-0.1, -0.05) is 18.5 Å². The number of nitrogens with one attached hydrogen (secondary N) is 1. The zero-order chi connectivity index (χ0) is 15.1. The highest BCUT2D eigenvalue weighted by atomic mass is 35.7. The Kier molecular flexibility index (Phi) is 4.33. The minimum absolute atomic E-state index is 0.128. The molecule has 7 heteroatoms. The molecule has 4 nitrogen and oxygen atoms in total. The molecule has 2 unspecified atom stereocenters. The number of amides is 1. The Morgan fingerprint density at radius 3 is 2.55 bits per heavy atom. The van der Waals surface area contributed by atoms with Crippen molar-refractivity contribution >= 4 is 37.2 Å². The second-order valence-corrected chi connectivity index (χ2v) is 8.14. The molecular formula is C13H15Cl2NO3S. The number of benzene rings is 1. The Morgan fingerprint density at radius 1 is 1.45 bits per heavy atom. The van der Waals surface area contributed by atoms with E-state index in [1.807, 2.05) is 0 Å². The van der Waals surface area contributed by atoms with Gasteiger partial charge in [-0.3, -0.25) is 4.79 Å². The van der Waals surface area contributed by atoms with E-state index in [0.717, 1.165) is 6.42 Å². The minimum Gasteiger partial charge on any atom is -0.352 e. The maximum absolute atomic E-state index is 12.0. The molecule has 1 aromatic rings. The minimum atomic E-state index is -3.93. The van der Waals surface area contributed by atoms with E-state index >= 15 is 0 Å². The van der Waals surface area contributed by atoms with Gasteiger partial charge in [-0.05, 0) is 42.9 Å². The molecule has 0 bridgehead atoms. The summed E-state index contributed by atoms with van der Waals surface area (Å²) >= 11 is 5.96. The summed E-state index contributed by atoms with van der Waals surface area (Å²) in [5.74, 6) is 0.805. The van der Waals surface area contributed by atoms with E-state index < -0.39 is 9.05 Å². The molecule has 0 radical (unpaired) electrons. The first kappa shape index (κ1) is 15.6. The van der Waals surface area contributed by atoms with Gasteiger partial charge < -0.3 is 5.32 Å². The SMILES string of the molecule is Cc1c(Cl)cc(C(=O)NCC2CC2C)cc1S(=O)(=O)Cl. The molecule has 1 N–H and O–H groups in total. The lowest BCUT2D eigenvalue weighted by Gasteiger charge is -2.09. The van der Waals surface area contributed by atoms with Gasteiger partial charge in [-0.25, -0.2) is 8.42 Å². The van der Waals surface area contributed by atoms with E-state index in [2.05, 4.69) is 12.2 Å². The van der Waals surface area contributed by atoms with Crippen LogP contribution in [0.4, 0.5) is 0 Å². The first-order chi connectivity index (χ1) is 9.20. The van der Waals surface area contributed by atoms with Crippen molar-refractivity contribution in [3.63, 3.8) is 0 Å². The normalized spacial score (nSPS) is 21.6. The van der Waals surface area contributed by atoms with Gasteiger partial charge in [0.25, 0.3) is 15.0 Å². The number of rotatable bonds is 4. The molecule has 0 spiro atoms. The lowest BCUT2D eigenvalue weighted by atomic mass is 10.1. The van der Waals surface area contributed by atoms with E-state index in [-0.39, 0.29) is 21.4 Å². The van der Waals surface area contributed by atoms with E-state index in [1.54, 1.807) is 6.92 Å². The molecule has 1 aromatic carbocycles. The van der Waals surface area contributed by atoms with Crippen molar-refractivity contribution in [2.75, 3.05) is 6.54 Å². The topological polar surface area (TPSA) is 63.2 Å². The van der Waals surface area contributed by atoms with Crippen molar-refractivity contribution in [2.24, 2.45) is 11.8 Å². The lowest BCUT2D eigenvalue weighted by Crippen LogP contribution is -2.26. The molecule has 1 fully saturated rings. The van der Waals surface area contributed by atoms with Crippen LogP contribution < -0.4 is 5.32 Å². The van der Waals surface area contributed by atoms with Gasteiger partial charge in [0.2, 0.25) is 0 Å². The third-order valence-corrected chi connectivity index (χ3v) is 5.46. The number of hydrogen-bond donors (Lipinski definition) is 1. The summed E-state index contributed by atoms with van der Waals surface area (Å²) in [5.41, 5.74) is 0.544. The molecule has 1 aliphatic rings. The van der Waals surface area contributed by atoms with E-state index in [1.165, 1.54) is 12.1 Å². The average molecular weight is 336 g/mol. The van der Waals surface area contributed by atoms with Gasteiger partial charge in [0.15, 0.2) is 0 Å². The number of halogens is 2. The van der Waals surface area contributed by atoms with Crippen LogP contribution in [-0.4, -0.2) is 20.9 Å². The molecular weight excluding hydrogens is 321 g/mol. The highest BCUT2D eigenvalue weighted by Gasteiger charge is 2.32. The van der Waals surface area contributed by atoms with Gasteiger partial charge in [0, 0.05) is 27.8 Å². The van der Waals surface area contributed by atoms with E-state index in [0.29, 0.717) is 23.9 Å². The van der Waals surface area contributed by atoms with Crippen molar-refractivity contribution in [3.8, 4) is 0 Å². The van der Waals surface area contributed by atoms with Crippen LogP contribution in [0.15, 0.2) is 17.0 Å². The van der Waals surface area contributed by atoms with Crippen LogP contribution >= 0.6 is 22.3 Å². The Balaban J connectivity index is 2.23. The third-order valence-electron chi connectivity index (χ3n) is 3.62. The van der Waals surface area contributed by atoms with E-state index in [9.17, 15) is 13.2 Å². The predicted molar refractivity (Wildman–Crippen MR) is 78.8 cm³/mol. The Hall–Kier alpha value is -0.780. The summed E-state index contributed by atoms with van der Waals surface area (Å²) in [5, 5.41) is 2.99. The summed E-state index contributed by atoms with van der Waals surface area (Å²) in [7, 11) is 1.42. The third kappa shape index (κ3) is 3.45. The maximum Gasteiger partial charge on any atom is 0.261 e. The highest BCUT2D eigenvalue weighted by molar-refractivity contribution is 8.13. The molecule has 0 saturated heterocycles. The van der Waals surface area contributed by atoms with Crippen molar-refractivity contribution in [1.29, 1.82) is 0 Å². The fraction of sp³-hybridized carbons (Fsp3) is 0.462. The van der Waals surface area contributed by atoms with Crippen LogP contribution in [0.3, 0.4) is 0 Å². The molecule has 2 atom stereocenters. The summed E-state index contributed by atoms with van der Waals surface area (Å²) in [6, 6.07) is 2.71. The van der Waals surface area contributed by atoms with Crippen LogP contribution in [0.1, 0.15) is 29.3 Å². The maximum atomic E-state index is 12.0. The first-order valence-corrected chi connectivity index (χ1v) is 8.92. The quantitative estimate of drug-likeness (QED) is 0.860. The average Bonchev–Trinajstić information content (AvgIpc) is 3.04. The number of hydrogen-bond acceptors (Lipinski definition) is 3. The first-order valence-electron chi connectivity index (χ1n) is 6.23. The molecule has 20 heavy (non-hydrogen) atoms. The van der Waals surface area contributed by atoms with Gasteiger partial charge in [0.1, 0.15) is 0 Å². The van der Waals surface area contributed by atoms with Gasteiger partial charge in [-0.15, -0.1) is 0 Å². The van der Waals surface area contributed by atoms with Crippen molar-refractivity contribution in [3.05, 3.63) is 28.3 Å². The van der Waals surface area contributed by atoms with Crippen molar-refractivity contribution in [2.45, 2.75) is 25.2 Å². The van der Waals surface area contributed by atoms with Crippen LogP contribution in [0.2, 0.25) is 5.02 Å². The Morgan fingerprint density at radius 2 is 2.05 bits per heavy atom. The largest absolute Gasteiger partial charge is 0.352 e. The van der Waals surface area contributed by atoms with Gasteiger partial charge in [0.05, 0.1) is 4.90 Å². The van der Waals surface area contributed by atoms with Crippen LogP contribution in [0.25, 0.3) is 0 Å². The monoisotopic (exact) mass is 335 g/mol. The molecule has 0 aliphatic heterocycles. The summed E-state index contributed by atoms with van der Waals surface area (Å²) in [6.07, 6.45) is 1.11. The molecule has 0 heterocycles. The van der Waals surface area contributed by atoms with Crippen LogP contribution in [-0.2, 0) is 9.05 Å². The molecule has 2 rings (SSSR count). The van der Waals surface area contributed by atoms with Crippen molar-refractivity contribution < 1.29 is 13.2 Å².